The molecule has 0 saturated carbocycles. The van der Waals surface area contributed by atoms with Crippen LogP contribution in [0.3, 0.4) is 0 Å². The SMILES string of the molecule is CC(=O)c1cccc(NC(=O)C(=O)N2CCN(c3ncccn3)CC2)c1. The molecule has 0 atom stereocenters. The molecule has 8 nitrogen and oxygen atoms in total. The zero-order valence-corrected chi connectivity index (χ0v) is 14.4. The summed E-state index contributed by atoms with van der Waals surface area (Å²) in [4.78, 5) is 47.8. The van der Waals surface area contributed by atoms with E-state index in [1.165, 1.54) is 11.8 Å². The maximum Gasteiger partial charge on any atom is 0.313 e. The van der Waals surface area contributed by atoms with Gasteiger partial charge in [0.25, 0.3) is 0 Å². The molecule has 2 amide bonds. The molecule has 1 fully saturated rings. The summed E-state index contributed by atoms with van der Waals surface area (Å²) in [5.41, 5.74) is 0.902. The van der Waals surface area contributed by atoms with E-state index in [9.17, 15) is 14.4 Å². The van der Waals surface area contributed by atoms with E-state index in [0.29, 0.717) is 43.4 Å². The second kappa shape index (κ2) is 7.73. The van der Waals surface area contributed by atoms with E-state index < -0.39 is 11.8 Å². The number of ketones is 1. The largest absolute Gasteiger partial charge is 0.337 e. The molecule has 134 valence electrons. The van der Waals surface area contributed by atoms with Crippen molar-refractivity contribution in [2.24, 2.45) is 0 Å². The van der Waals surface area contributed by atoms with Crippen molar-refractivity contribution in [1.29, 1.82) is 0 Å². The molecular weight excluding hydrogens is 334 g/mol. The summed E-state index contributed by atoms with van der Waals surface area (Å²) in [6.45, 7) is 3.39. The average Bonchev–Trinajstić information content (AvgIpc) is 2.68. The number of benzene rings is 1. The van der Waals surface area contributed by atoms with Crippen LogP contribution in [0.5, 0.6) is 0 Å². The summed E-state index contributed by atoms with van der Waals surface area (Å²) in [5.74, 6) is -0.793. The van der Waals surface area contributed by atoms with Gasteiger partial charge in [0.15, 0.2) is 5.78 Å². The van der Waals surface area contributed by atoms with Crippen LogP contribution in [0.1, 0.15) is 17.3 Å². The highest BCUT2D eigenvalue weighted by atomic mass is 16.2. The predicted octanol–water partition coefficient (Wildman–Crippen LogP) is 0.966. The van der Waals surface area contributed by atoms with E-state index in [1.54, 1.807) is 42.7 Å². The smallest absolute Gasteiger partial charge is 0.313 e. The number of hydrogen-bond acceptors (Lipinski definition) is 6. The van der Waals surface area contributed by atoms with Crippen molar-refractivity contribution in [2.75, 3.05) is 36.4 Å². The molecular formula is C18H19N5O3. The van der Waals surface area contributed by atoms with Crippen molar-refractivity contribution in [1.82, 2.24) is 14.9 Å². The first-order valence-corrected chi connectivity index (χ1v) is 8.28. The molecule has 0 aliphatic carbocycles. The Hall–Kier alpha value is -3.29. The van der Waals surface area contributed by atoms with Gasteiger partial charge in [0, 0.05) is 49.8 Å². The highest BCUT2D eigenvalue weighted by Gasteiger charge is 2.27. The van der Waals surface area contributed by atoms with Gasteiger partial charge in [-0.05, 0) is 25.1 Å². The molecule has 0 unspecified atom stereocenters. The van der Waals surface area contributed by atoms with Crippen LogP contribution in [0, 0.1) is 0 Å². The molecule has 0 radical (unpaired) electrons. The lowest BCUT2D eigenvalue weighted by molar-refractivity contribution is -0.143. The monoisotopic (exact) mass is 353 g/mol. The Balaban J connectivity index is 1.57. The lowest BCUT2D eigenvalue weighted by atomic mass is 10.1. The summed E-state index contributed by atoms with van der Waals surface area (Å²) in [5, 5.41) is 2.56. The Morgan fingerprint density at radius 3 is 2.35 bits per heavy atom. The number of rotatable bonds is 3. The Morgan fingerprint density at radius 1 is 1.00 bits per heavy atom. The highest BCUT2D eigenvalue weighted by Crippen LogP contribution is 2.13. The van der Waals surface area contributed by atoms with Crippen LogP contribution < -0.4 is 10.2 Å². The number of nitrogens with one attached hydrogen (secondary N) is 1. The molecule has 1 aliphatic heterocycles. The Morgan fingerprint density at radius 2 is 1.69 bits per heavy atom. The molecule has 1 N–H and O–H groups in total. The van der Waals surface area contributed by atoms with Crippen LogP contribution >= 0.6 is 0 Å². The van der Waals surface area contributed by atoms with Crippen molar-refractivity contribution in [3.8, 4) is 0 Å². The number of carbonyl (C=O) groups is 3. The number of amides is 2. The normalized spacial score (nSPS) is 14.0. The zero-order chi connectivity index (χ0) is 18.5. The van der Waals surface area contributed by atoms with Crippen LogP contribution in [0.25, 0.3) is 0 Å². The van der Waals surface area contributed by atoms with E-state index in [4.69, 9.17) is 0 Å². The van der Waals surface area contributed by atoms with E-state index in [-0.39, 0.29) is 5.78 Å². The maximum atomic E-state index is 12.4. The first-order chi connectivity index (χ1) is 12.5. The molecule has 2 heterocycles. The predicted molar refractivity (Wildman–Crippen MR) is 95.9 cm³/mol. The summed E-state index contributed by atoms with van der Waals surface area (Å²) < 4.78 is 0. The first-order valence-electron chi connectivity index (χ1n) is 8.28. The van der Waals surface area contributed by atoms with Crippen LogP contribution in [-0.2, 0) is 9.59 Å². The fourth-order valence-corrected chi connectivity index (χ4v) is 2.71. The average molecular weight is 353 g/mol. The molecule has 3 rings (SSSR count). The van der Waals surface area contributed by atoms with E-state index >= 15 is 0 Å². The number of Topliss-reactive ketones (excluding diaryl/α,β-unsaturated/α-hetero) is 1. The molecule has 8 heteroatoms. The molecule has 0 bridgehead atoms. The number of aromatic nitrogens is 2. The Labute approximate surface area is 150 Å². The molecule has 1 aromatic carbocycles. The quantitative estimate of drug-likeness (QED) is 0.652. The molecule has 1 aliphatic rings. The van der Waals surface area contributed by atoms with Gasteiger partial charge in [-0.1, -0.05) is 12.1 Å². The Bertz CT molecular complexity index is 817. The number of nitrogens with zero attached hydrogens (tertiary/aromatic N) is 4. The van der Waals surface area contributed by atoms with Gasteiger partial charge in [0.1, 0.15) is 0 Å². The van der Waals surface area contributed by atoms with Gasteiger partial charge in [0.2, 0.25) is 5.95 Å². The third-order valence-corrected chi connectivity index (χ3v) is 4.12. The van der Waals surface area contributed by atoms with Crippen molar-refractivity contribution in [2.45, 2.75) is 6.92 Å². The second-order valence-corrected chi connectivity index (χ2v) is 5.92. The minimum absolute atomic E-state index is 0.105. The third-order valence-electron chi connectivity index (χ3n) is 4.12. The fraction of sp³-hybridized carbons (Fsp3) is 0.278. The molecule has 1 saturated heterocycles. The minimum Gasteiger partial charge on any atom is -0.337 e. The maximum absolute atomic E-state index is 12.4. The minimum atomic E-state index is -0.713. The topological polar surface area (TPSA) is 95.5 Å². The van der Waals surface area contributed by atoms with Crippen molar-refractivity contribution in [3.63, 3.8) is 0 Å². The van der Waals surface area contributed by atoms with Crippen molar-refractivity contribution >= 4 is 29.2 Å². The van der Waals surface area contributed by atoms with E-state index in [1.807, 2.05) is 4.90 Å². The van der Waals surface area contributed by atoms with E-state index in [0.717, 1.165) is 0 Å². The summed E-state index contributed by atoms with van der Waals surface area (Å²) in [7, 11) is 0. The fourth-order valence-electron chi connectivity index (χ4n) is 2.71. The van der Waals surface area contributed by atoms with Gasteiger partial charge < -0.3 is 15.1 Å². The molecule has 1 aromatic heterocycles. The number of piperazine rings is 1. The number of anilines is 2. The summed E-state index contributed by atoms with van der Waals surface area (Å²) in [6, 6.07) is 8.26. The molecule has 0 spiro atoms. The zero-order valence-electron chi connectivity index (χ0n) is 14.4. The highest BCUT2D eigenvalue weighted by molar-refractivity contribution is 6.39. The standard InChI is InChI=1S/C18H19N5O3/c1-13(24)14-4-2-5-15(12-14)21-16(25)17(26)22-8-10-23(11-9-22)18-19-6-3-7-20-18/h2-7,12H,8-11H2,1H3,(H,21,25). The Kier molecular flexibility index (Phi) is 5.21. The van der Waals surface area contributed by atoms with Gasteiger partial charge in [-0.25, -0.2) is 9.97 Å². The van der Waals surface area contributed by atoms with Gasteiger partial charge in [-0.3, -0.25) is 14.4 Å². The van der Waals surface area contributed by atoms with Crippen molar-refractivity contribution < 1.29 is 14.4 Å². The van der Waals surface area contributed by atoms with E-state index in [2.05, 4.69) is 15.3 Å². The van der Waals surface area contributed by atoms with Gasteiger partial charge in [-0.2, -0.15) is 0 Å². The lowest BCUT2D eigenvalue weighted by Gasteiger charge is -2.34. The van der Waals surface area contributed by atoms with Gasteiger partial charge in [-0.15, -0.1) is 0 Å². The number of hydrogen-bond donors (Lipinski definition) is 1. The first kappa shape index (κ1) is 17.5. The lowest BCUT2D eigenvalue weighted by Crippen LogP contribution is -2.52. The summed E-state index contributed by atoms with van der Waals surface area (Å²) >= 11 is 0. The van der Waals surface area contributed by atoms with Crippen LogP contribution in [0.2, 0.25) is 0 Å². The van der Waals surface area contributed by atoms with Gasteiger partial charge >= 0.3 is 11.8 Å². The van der Waals surface area contributed by atoms with Crippen molar-refractivity contribution in [3.05, 3.63) is 48.3 Å². The summed E-state index contributed by atoms with van der Waals surface area (Å²) in [6.07, 6.45) is 3.34. The van der Waals surface area contributed by atoms with Crippen LogP contribution in [0.15, 0.2) is 42.7 Å². The molecule has 26 heavy (non-hydrogen) atoms. The number of carbonyl (C=O) groups excluding carboxylic acids is 3. The van der Waals surface area contributed by atoms with Crippen LogP contribution in [-0.4, -0.2) is 58.6 Å². The van der Waals surface area contributed by atoms with Gasteiger partial charge in [0.05, 0.1) is 0 Å². The molecule has 2 aromatic rings. The van der Waals surface area contributed by atoms with Crippen LogP contribution in [0.4, 0.5) is 11.6 Å². The second-order valence-electron chi connectivity index (χ2n) is 5.92. The third kappa shape index (κ3) is 4.02.